The van der Waals surface area contributed by atoms with Crippen molar-refractivity contribution >= 4 is 21.8 Å². The molecule has 1 unspecified atom stereocenters. The van der Waals surface area contributed by atoms with Crippen molar-refractivity contribution in [1.29, 1.82) is 0 Å². The standard InChI is InChI=1S/C22H36N2O4S/c1-2-3-10-19(13-15-28-22(23)25)20-11-7-12-21(17-20)24-29(26,27)16-14-18-8-5-4-6-9-18/h7,11-12,17-19,24H,2-6,8-10,13-16H2,1H3,(H2,23,25). The van der Waals surface area contributed by atoms with E-state index in [-0.39, 0.29) is 18.3 Å². The second-order valence-electron chi connectivity index (χ2n) is 8.13. The first-order valence-electron chi connectivity index (χ1n) is 10.9. The fraction of sp³-hybridized carbons (Fsp3) is 0.682. The predicted molar refractivity (Wildman–Crippen MR) is 117 cm³/mol. The Bertz CT molecular complexity index is 730. The van der Waals surface area contributed by atoms with E-state index in [1.165, 1.54) is 19.3 Å². The molecule has 0 radical (unpaired) electrons. The number of carbonyl (C=O) groups is 1. The van der Waals surface area contributed by atoms with Crippen LogP contribution in [0.5, 0.6) is 0 Å². The maximum absolute atomic E-state index is 12.6. The molecule has 1 aromatic rings. The number of anilines is 1. The van der Waals surface area contributed by atoms with Crippen molar-refractivity contribution in [2.45, 2.75) is 77.0 Å². The Morgan fingerprint density at radius 3 is 2.69 bits per heavy atom. The van der Waals surface area contributed by atoms with Crippen LogP contribution in [0.25, 0.3) is 0 Å². The van der Waals surface area contributed by atoms with Crippen LogP contribution in [-0.4, -0.2) is 26.9 Å². The molecule has 0 aliphatic heterocycles. The average molecular weight is 425 g/mol. The van der Waals surface area contributed by atoms with Crippen LogP contribution >= 0.6 is 0 Å². The van der Waals surface area contributed by atoms with E-state index >= 15 is 0 Å². The van der Waals surface area contributed by atoms with E-state index in [1.807, 2.05) is 18.2 Å². The van der Waals surface area contributed by atoms with Gasteiger partial charge in [0, 0.05) is 5.69 Å². The lowest BCUT2D eigenvalue weighted by Crippen LogP contribution is -2.20. The van der Waals surface area contributed by atoms with Gasteiger partial charge in [0.2, 0.25) is 10.0 Å². The molecule has 7 heteroatoms. The number of primary amides is 1. The molecule has 0 heterocycles. The molecule has 29 heavy (non-hydrogen) atoms. The number of nitrogens with two attached hydrogens (primary N) is 1. The number of rotatable bonds is 12. The van der Waals surface area contributed by atoms with Crippen molar-refractivity contribution in [1.82, 2.24) is 0 Å². The smallest absolute Gasteiger partial charge is 0.404 e. The zero-order chi connectivity index (χ0) is 21.1. The summed E-state index contributed by atoms with van der Waals surface area (Å²) in [5.41, 5.74) is 6.71. The molecule has 0 saturated heterocycles. The molecule has 3 N–H and O–H groups in total. The molecular formula is C22H36N2O4S. The summed E-state index contributed by atoms with van der Waals surface area (Å²) >= 11 is 0. The van der Waals surface area contributed by atoms with Gasteiger partial charge in [-0.2, -0.15) is 0 Å². The number of sulfonamides is 1. The van der Waals surface area contributed by atoms with Gasteiger partial charge in [-0.3, -0.25) is 4.72 Å². The Hall–Kier alpha value is -1.76. The number of hydrogen-bond donors (Lipinski definition) is 2. The predicted octanol–water partition coefficient (Wildman–Crippen LogP) is 5.16. The topological polar surface area (TPSA) is 98.5 Å². The van der Waals surface area contributed by atoms with Gasteiger partial charge in [-0.1, -0.05) is 64.0 Å². The van der Waals surface area contributed by atoms with E-state index in [1.54, 1.807) is 6.07 Å². The van der Waals surface area contributed by atoms with Gasteiger partial charge in [0.15, 0.2) is 0 Å². The summed E-state index contributed by atoms with van der Waals surface area (Å²) in [5, 5.41) is 0. The number of ether oxygens (including phenoxy) is 1. The van der Waals surface area contributed by atoms with Gasteiger partial charge in [0.1, 0.15) is 0 Å². The quantitative estimate of drug-likeness (QED) is 0.484. The van der Waals surface area contributed by atoms with Gasteiger partial charge in [-0.15, -0.1) is 0 Å². The number of amides is 1. The van der Waals surface area contributed by atoms with Crippen LogP contribution in [0.1, 0.15) is 82.6 Å². The molecule has 1 atom stereocenters. The highest BCUT2D eigenvalue weighted by atomic mass is 32.2. The van der Waals surface area contributed by atoms with Crippen LogP contribution in [0.3, 0.4) is 0 Å². The molecule has 2 rings (SSSR count). The molecule has 1 saturated carbocycles. The van der Waals surface area contributed by atoms with Crippen molar-refractivity contribution in [2.24, 2.45) is 11.7 Å². The minimum absolute atomic E-state index is 0.174. The summed E-state index contributed by atoms with van der Waals surface area (Å²) in [6, 6.07) is 7.58. The van der Waals surface area contributed by atoms with Crippen LogP contribution < -0.4 is 10.5 Å². The second kappa shape index (κ2) is 12.1. The average Bonchev–Trinajstić information content (AvgIpc) is 2.69. The number of benzene rings is 1. The number of hydrogen-bond acceptors (Lipinski definition) is 4. The molecular weight excluding hydrogens is 388 g/mol. The van der Waals surface area contributed by atoms with E-state index in [0.29, 0.717) is 18.0 Å². The lowest BCUT2D eigenvalue weighted by atomic mass is 9.88. The van der Waals surface area contributed by atoms with Gasteiger partial charge in [-0.05, 0) is 48.8 Å². The number of nitrogens with one attached hydrogen (secondary N) is 1. The van der Waals surface area contributed by atoms with Crippen molar-refractivity contribution in [3.05, 3.63) is 29.8 Å². The van der Waals surface area contributed by atoms with Crippen LogP contribution in [0.15, 0.2) is 24.3 Å². The monoisotopic (exact) mass is 424 g/mol. The molecule has 1 aromatic carbocycles. The second-order valence-corrected chi connectivity index (χ2v) is 9.98. The lowest BCUT2D eigenvalue weighted by Gasteiger charge is -2.21. The Labute approximate surface area is 175 Å². The third-order valence-corrected chi connectivity index (χ3v) is 7.09. The third-order valence-electron chi connectivity index (χ3n) is 5.77. The zero-order valence-electron chi connectivity index (χ0n) is 17.6. The molecule has 1 amide bonds. The van der Waals surface area contributed by atoms with Gasteiger partial charge >= 0.3 is 6.09 Å². The third kappa shape index (κ3) is 9.07. The van der Waals surface area contributed by atoms with Crippen LogP contribution in [-0.2, 0) is 14.8 Å². The molecule has 1 aliphatic carbocycles. The van der Waals surface area contributed by atoms with Crippen LogP contribution in [0.2, 0.25) is 0 Å². The first kappa shape index (κ1) is 23.5. The molecule has 0 bridgehead atoms. The van der Waals surface area contributed by atoms with E-state index in [9.17, 15) is 13.2 Å². The van der Waals surface area contributed by atoms with Crippen LogP contribution in [0.4, 0.5) is 10.5 Å². The molecule has 1 fully saturated rings. The lowest BCUT2D eigenvalue weighted by molar-refractivity contribution is 0.152. The number of unbranched alkanes of at least 4 members (excludes halogenated alkanes) is 1. The summed E-state index contributed by atoms with van der Waals surface area (Å²) in [5.74, 6) is 0.907. The SMILES string of the molecule is CCCCC(CCOC(N)=O)c1cccc(NS(=O)(=O)CCC2CCCCC2)c1. The first-order chi connectivity index (χ1) is 13.9. The Kier molecular flexibility index (Phi) is 9.78. The highest BCUT2D eigenvalue weighted by Gasteiger charge is 2.19. The maximum Gasteiger partial charge on any atom is 0.404 e. The fourth-order valence-electron chi connectivity index (χ4n) is 4.11. The van der Waals surface area contributed by atoms with E-state index in [0.717, 1.165) is 44.1 Å². The largest absolute Gasteiger partial charge is 0.450 e. The van der Waals surface area contributed by atoms with Crippen molar-refractivity contribution in [2.75, 3.05) is 17.1 Å². The summed E-state index contributed by atoms with van der Waals surface area (Å²) in [7, 11) is -3.36. The van der Waals surface area contributed by atoms with Gasteiger partial charge in [-0.25, -0.2) is 13.2 Å². The highest BCUT2D eigenvalue weighted by molar-refractivity contribution is 7.92. The zero-order valence-corrected chi connectivity index (χ0v) is 18.4. The summed E-state index contributed by atoms with van der Waals surface area (Å²) in [6.07, 6.45) is 9.73. The number of carbonyl (C=O) groups excluding carboxylic acids is 1. The van der Waals surface area contributed by atoms with E-state index in [4.69, 9.17) is 10.5 Å². The molecule has 164 valence electrons. The minimum atomic E-state index is -3.36. The Morgan fingerprint density at radius 2 is 2.00 bits per heavy atom. The molecule has 6 nitrogen and oxygen atoms in total. The minimum Gasteiger partial charge on any atom is -0.450 e. The van der Waals surface area contributed by atoms with Crippen molar-refractivity contribution < 1.29 is 17.9 Å². The molecule has 1 aliphatic rings. The van der Waals surface area contributed by atoms with E-state index in [2.05, 4.69) is 11.6 Å². The molecule has 0 spiro atoms. The highest BCUT2D eigenvalue weighted by Crippen LogP contribution is 2.29. The van der Waals surface area contributed by atoms with Gasteiger partial charge in [0.25, 0.3) is 0 Å². The van der Waals surface area contributed by atoms with Crippen LogP contribution in [0, 0.1) is 5.92 Å². The maximum atomic E-state index is 12.6. The fourth-order valence-corrected chi connectivity index (χ4v) is 5.35. The van der Waals surface area contributed by atoms with Gasteiger partial charge < -0.3 is 10.5 Å². The normalized spacial score (nSPS) is 16.3. The Balaban J connectivity index is 1.97. The van der Waals surface area contributed by atoms with Crippen molar-refractivity contribution in [3.8, 4) is 0 Å². The first-order valence-corrected chi connectivity index (χ1v) is 12.6. The molecule has 0 aromatic heterocycles. The summed E-state index contributed by atoms with van der Waals surface area (Å²) < 4.78 is 32.8. The van der Waals surface area contributed by atoms with Gasteiger partial charge in [0.05, 0.1) is 12.4 Å². The summed E-state index contributed by atoms with van der Waals surface area (Å²) in [4.78, 5) is 10.8. The van der Waals surface area contributed by atoms with Crippen molar-refractivity contribution in [3.63, 3.8) is 0 Å². The summed E-state index contributed by atoms with van der Waals surface area (Å²) in [6.45, 7) is 2.40. The Morgan fingerprint density at radius 1 is 1.24 bits per heavy atom. The van der Waals surface area contributed by atoms with E-state index < -0.39 is 16.1 Å².